The van der Waals surface area contributed by atoms with E-state index in [9.17, 15) is 19.5 Å². The molecule has 0 bridgehead atoms. The van der Waals surface area contributed by atoms with Crippen molar-refractivity contribution in [1.82, 2.24) is 14.8 Å². The zero-order valence-electron chi connectivity index (χ0n) is 18.3. The highest BCUT2D eigenvalue weighted by molar-refractivity contribution is 7.21. The molecule has 5 aromatic rings. The molecule has 2 heterocycles. The smallest absolute Gasteiger partial charge is 0.341 e. The van der Waals surface area contributed by atoms with Gasteiger partial charge in [0.05, 0.1) is 16.4 Å². The van der Waals surface area contributed by atoms with Crippen LogP contribution in [0, 0.1) is 0 Å². The van der Waals surface area contributed by atoms with Gasteiger partial charge < -0.3 is 10.4 Å². The third-order valence-corrected chi connectivity index (χ3v) is 6.54. The van der Waals surface area contributed by atoms with Crippen molar-refractivity contribution in [3.8, 4) is 10.6 Å². The number of amides is 2. The van der Waals surface area contributed by atoms with Crippen LogP contribution in [0.1, 0.15) is 20.7 Å². The van der Waals surface area contributed by atoms with Crippen LogP contribution in [-0.2, 0) is 0 Å². The summed E-state index contributed by atoms with van der Waals surface area (Å²) >= 11 is 7.39. The lowest BCUT2D eigenvalue weighted by molar-refractivity contribution is 0.0698. The van der Waals surface area contributed by atoms with Gasteiger partial charge in [-0.15, -0.1) is 11.3 Å². The van der Waals surface area contributed by atoms with Crippen molar-refractivity contribution in [3.05, 3.63) is 95.1 Å². The fourth-order valence-electron chi connectivity index (χ4n) is 3.46. The van der Waals surface area contributed by atoms with Crippen molar-refractivity contribution < 1.29 is 19.5 Å². The molecular weight excluding hydrogens is 502 g/mol. The van der Waals surface area contributed by atoms with Crippen molar-refractivity contribution in [3.63, 3.8) is 0 Å². The number of carboxylic acids is 1. The number of anilines is 2. The molecule has 0 saturated heterocycles. The van der Waals surface area contributed by atoms with E-state index in [2.05, 4.69) is 20.7 Å². The lowest BCUT2D eigenvalue weighted by atomic mass is 10.1. The molecule has 36 heavy (non-hydrogen) atoms. The largest absolute Gasteiger partial charge is 0.477 e. The topological polar surface area (TPSA) is 126 Å². The van der Waals surface area contributed by atoms with Gasteiger partial charge in [-0.25, -0.2) is 14.6 Å². The Hall–Kier alpha value is -4.54. The quantitative estimate of drug-likeness (QED) is 0.268. The van der Waals surface area contributed by atoms with Crippen molar-refractivity contribution in [1.29, 1.82) is 0 Å². The number of carboxylic acid groups (broad SMARTS) is 1. The Labute approximate surface area is 213 Å². The second-order valence-electron chi connectivity index (χ2n) is 7.58. The van der Waals surface area contributed by atoms with Crippen molar-refractivity contribution in [2.75, 3.05) is 10.6 Å². The molecule has 3 aromatic carbocycles. The second-order valence-corrected chi connectivity index (χ2v) is 9.05. The molecule has 3 N–H and O–H groups in total. The molecule has 178 valence electrons. The molecule has 0 aliphatic rings. The summed E-state index contributed by atoms with van der Waals surface area (Å²) in [6.07, 6.45) is 1.01. The number of urea groups is 1. The normalized spacial score (nSPS) is 10.8. The molecule has 0 aliphatic heterocycles. The van der Waals surface area contributed by atoms with E-state index in [1.807, 2.05) is 24.3 Å². The minimum atomic E-state index is -1.35. The Bertz CT molecular complexity index is 1580. The SMILES string of the molecule is O=C(Nc1ccc(Cl)cc1)Nc1c(C(=O)O)cnn1C(=O)c1ccc(-c2nc3ccccc3s2)cc1. The van der Waals surface area contributed by atoms with Crippen molar-refractivity contribution in [2.24, 2.45) is 0 Å². The van der Waals surface area contributed by atoms with Gasteiger partial charge in [0, 0.05) is 21.8 Å². The van der Waals surface area contributed by atoms with E-state index in [1.165, 1.54) is 11.3 Å². The number of nitrogens with one attached hydrogen (secondary N) is 2. The first-order valence-electron chi connectivity index (χ1n) is 10.5. The Kier molecular flexibility index (Phi) is 6.19. The Morgan fingerprint density at radius 3 is 2.33 bits per heavy atom. The van der Waals surface area contributed by atoms with Gasteiger partial charge in [0.25, 0.3) is 5.91 Å². The fraction of sp³-hybridized carbons (Fsp3) is 0. The number of aromatic nitrogens is 3. The van der Waals surface area contributed by atoms with Gasteiger partial charge in [-0.05, 0) is 48.5 Å². The van der Waals surface area contributed by atoms with Gasteiger partial charge >= 0.3 is 12.0 Å². The van der Waals surface area contributed by atoms with E-state index in [0.29, 0.717) is 10.7 Å². The van der Waals surface area contributed by atoms with E-state index in [1.54, 1.807) is 48.5 Å². The highest BCUT2D eigenvalue weighted by Crippen LogP contribution is 2.30. The summed E-state index contributed by atoms with van der Waals surface area (Å²) in [5.41, 5.74) is 2.07. The van der Waals surface area contributed by atoms with Gasteiger partial charge in [0.15, 0.2) is 5.82 Å². The molecule has 5 rings (SSSR count). The van der Waals surface area contributed by atoms with E-state index in [0.717, 1.165) is 31.7 Å². The van der Waals surface area contributed by atoms with Crippen LogP contribution in [0.3, 0.4) is 0 Å². The second kappa shape index (κ2) is 9.61. The van der Waals surface area contributed by atoms with Crippen LogP contribution in [0.5, 0.6) is 0 Å². The van der Waals surface area contributed by atoms with Gasteiger partial charge in [-0.1, -0.05) is 35.9 Å². The Morgan fingerprint density at radius 2 is 1.64 bits per heavy atom. The molecule has 0 spiro atoms. The summed E-state index contributed by atoms with van der Waals surface area (Å²) in [5, 5.41) is 19.7. The number of halogens is 1. The predicted molar refractivity (Wildman–Crippen MR) is 138 cm³/mol. The summed E-state index contributed by atoms with van der Waals surface area (Å²) in [5.74, 6) is -2.23. The van der Waals surface area contributed by atoms with Crippen LogP contribution < -0.4 is 10.6 Å². The monoisotopic (exact) mass is 517 g/mol. The summed E-state index contributed by atoms with van der Waals surface area (Å²) in [6.45, 7) is 0. The number of hydrogen-bond donors (Lipinski definition) is 3. The van der Waals surface area contributed by atoms with E-state index >= 15 is 0 Å². The van der Waals surface area contributed by atoms with E-state index in [4.69, 9.17) is 11.6 Å². The summed E-state index contributed by atoms with van der Waals surface area (Å²) in [7, 11) is 0. The van der Waals surface area contributed by atoms with E-state index in [-0.39, 0.29) is 16.9 Å². The van der Waals surface area contributed by atoms with Crippen molar-refractivity contribution in [2.45, 2.75) is 0 Å². The molecule has 0 unspecified atom stereocenters. The van der Waals surface area contributed by atoms with Gasteiger partial charge in [0.1, 0.15) is 10.6 Å². The number of aromatic carboxylic acids is 1. The minimum Gasteiger partial charge on any atom is -0.477 e. The maximum absolute atomic E-state index is 13.2. The maximum atomic E-state index is 13.2. The number of carbonyl (C=O) groups is 3. The zero-order chi connectivity index (χ0) is 25.2. The lowest BCUT2D eigenvalue weighted by Gasteiger charge is -2.11. The number of nitrogens with zero attached hydrogens (tertiary/aromatic N) is 3. The molecule has 2 aromatic heterocycles. The molecule has 0 atom stereocenters. The number of thiazole rings is 1. The van der Waals surface area contributed by atoms with Crippen molar-refractivity contribution >= 4 is 62.6 Å². The van der Waals surface area contributed by atoms with Crippen LogP contribution in [0.4, 0.5) is 16.3 Å². The average Bonchev–Trinajstić information content (AvgIpc) is 3.49. The van der Waals surface area contributed by atoms with Gasteiger partial charge in [0.2, 0.25) is 0 Å². The highest BCUT2D eigenvalue weighted by atomic mass is 35.5. The first-order chi connectivity index (χ1) is 17.4. The molecule has 0 saturated carbocycles. The summed E-state index contributed by atoms with van der Waals surface area (Å²) in [4.78, 5) is 42.0. The van der Waals surface area contributed by atoms with Gasteiger partial charge in [-0.2, -0.15) is 9.78 Å². The number of fused-ring (bicyclic) bond motifs is 1. The number of carbonyl (C=O) groups excluding carboxylic acids is 2. The molecular formula is C25H16ClN5O4S. The maximum Gasteiger partial charge on any atom is 0.341 e. The number of hydrogen-bond acceptors (Lipinski definition) is 6. The zero-order valence-corrected chi connectivity index (χ0v) is 19.9. The molecule has 9 nitrogen and oxygen atoms in total. The summed E-state index contributed by atoms with van der Waals surface area (Å²) in [6, 6.07) is 20.1. The third-order valence-electron chi connectivity index (χ3n) is 5.20. The van der Waals surface area contributed by atoms with Gasteiger partial charge in [-0.3, -0.25) is 10.1 Å². The number of benzene rings is 3. The first kappa shape index (κ1) is 23.2. The molecule has 0 radical (unpaired) electrons. The van der Waals surface area contributed by atoms with E-state index < -0.39 is 17.9 Å². The van der Waals surface area contributed by atoms with Crippen LogP contribution in [0.25, 0.3) is 20.8 Å². The predicted octanol–water partition coefficient (Wildman–Crippen LogP) is 5.84. The number of para-hydroxylation sites is 1. The average molecular weight is 518 g/mol. The Balaban J connectivity index is 1.39. The first-order valence-corrected chi connectivity index (χ1v) is 11.7. The van der Waals surface area contributed by atoms with Crippen LogP contribution >= 0.6 is 22.9 Å². The Morgan fingerprint density at radius 1 is 0.917 bits per heavy atom. The molecule has 11 heteroatoms. The standard InChI is InChI=1S/C25H16ClN5O4S/c26-16-9-11-17(12-10-16)28-25(35)30-21-18(24(33)34)13-27-31(21)23(32)15-7-5-14(6-8-15)22-29-19-3-1-2-4-20(19)36-22/h1-13H,(H,33,34)(H2,28,30,35). The highest BCUT2D eigenvalue weighted by Gasteiger charge is 2.23. The summed E-state index contributed by atoms with van der Waals surface area (Å²) < 4.78 is 1.90. The molecule has 0 fully saturated rings. The third kappa shape index (κ3) is 4.67. The number of rotatable bonds is 5. The van der Waals surface area contributed by atoms with Crippen LogP contribution in [-0.4, -0.2) is 37.8 Å². The van der Waals surface area contributed by atoms with Crippen LogP contribution in [0.2, 0.25) is 5.02 Å². The van der Waals surface area contributed by atoms with Crippen LogP contribution in [0.15, 0.2) is 79.0 Å². The lowest BCUT2D eigenvalue weighted by Crippen LogP contribution is -2.25. The molecule has 2 amide bonds. The molecule has 0 aliphatic carbocycles. The fourth-order valence-corrected chi connectivity index (χ4v) is 4.55. The minimum absolute atomic E-state index is 0.251.